The van der Waals surface area contributed by atoms with Gasteiger partial charge in [0, 0.05) is 0 Å². The van der Waals surface area contributed by atoms with Crippen LogP contribution in [0.25, 0.3) is 0 Å². The molecule has 3 rings (SSSR count). The minimum absolute atomic E-state index is 0.254. The zero-order valence-electron chi connectivity index (χ0n) is 14.5. The quantitative estimate of drug-likeness (QED) is 0.720. The van der Waals surface area contributed by atoms with Crippen LogP contribution in [-0.4, -0.2) is 11.1 Å². The minimum atomic E-state index is -0.254. The summed E-state index contributed by atoms with van der Waals surface area (Å²) in [5, 5.41) is 6.82. The summed E-state index contributed by atoms with van der Waals surface area (Å²) >= 11 is 0. The highest BCUT2D eigenvalue weighted by Crippen LogP contribution is 2.30. The average Bonchev–Trinajstić information content (AvgIpc) is 2.99. The normalized spacial score (nSPS) is 10.5. The molecule has 0 bridgehead atoms. The highest BCUT2D eigenvalue weighted by molar-refractivity contribution is 6.06. The van der Waals surface area contributed by atoms with E-state index in [0.29, 0.717) is 40.6 Å². The van der Waals surface area contributed by atoms with Crippen LogP contribution in [0.3, 0.4) is 0 Å². The van der Waals surface area contributed by atoms with Gasteiger partial charge < -0.3 is 14.6 Å². The van der Waals surface area contributed by atoms with E-state index in [1.165, 1.54) is 0 Å². The van der Waals surface area contributed by atoms with Crippen molar-refractivity contribution in [1.82, 2.24) is 5.16 Å². The predicted octanol–water partition coefficient (Wildman–Crippen LogP) is 4.90. The van der Waals surface area contributed by atoms with Crippen LogP contribution in [0.15, 0.2) is 53.1 Å². The monoisotopic (exact) mass is 336 g/mol. The molecule has 1 N–H and O–H groups in total. The number of para-hydroxylation sites is 2. The molecule has 0 radical (unpaired) electrons. The highest BCUT2D eigenvalue weighted by atomic mass is 16.5. The van der Waals surface area contributed by atoms with E-state index in [0.717, 1.165) is 5.56 Å². The number of benzene rings is 2. The van der Waals surface area contributed by atoms with Crippen LogP contribution in [0.2, 0.25) is 0 Å². The first-order chi connectivity index (χ1) is 12.1. The van der Waals surface area contributed by atoms with Gasteiger partial charge in [-0.2, -0.15) is 0 Å². The van der Waals surface area contributed by atoms with Crippen LogP contribution >= 0.6 is 0 Å². The molecule has 5 nitrogen and oxygen atoms in total. The van der Waals surface area contributed by atoms with Gasteiger partial charge in [-0.3, -0.25) is 4.79 Å². The molecular formula is C20H20N2O3. The van der Waals surface area contributed by atoms with Crippen molar-refractivity contribution in [2.75, 3.05) is 5.32 Å². The van der Waals surface area contributed by atoms with E-state index in [4.69, 9.17) is 9.26 Å². The molecule has 0 aliphatic heterocycles. The molecule has 3 aromatic rings. The van der Waals surface area contributed by atoms with Crippen LogP contribution in [0.4, 0.5) is 5.69 Å². The van der Waals surface area contributed by atoms with E-state index in [1.807, 2.05) is 56.3 Å². The highest BCUT2D eigenvalue weighted by Gasteiger charge is 2.20. The van der Waals surface area contributed by atoms with Crippen LogP contribution in [0.5, 0.6) is 11.5 Å². The van der Waals surface area contributed by atoms with Crippen molar-refractivity contribution in [2.24, 2.45) is 0 Å². The van der Waals surface area contributed by atoms with E-state index >= 15 is 0 Å². The predicted molar refractivity (Wildman–Crippen MR) is 96.3 cm³/mol. The third-order valence-electron chi connectivity index (χ3n) is 3.88. The lowest BCUT2D eigenvalue weighted by molar-refractivity contribution is 0.102. The fourth-order valence-electron chi connectivity index (χ4n) is 2.53. The number of nitrogens with zero attached hydrogens (tertiary/aromatic N) is 1. The molecule has 25 heavy (non-hydrogen) atoms. The van der Waals surface area contributed by atoms with Crippen molar-refractivity contribution in [2.45, 2.75) is 27.2 Å². The number of carbonyl (C=O) groups excluding carboxylic acids is 1. The van der Waals surface area contributed by atoms with Gasteiger partial charge in [-0.25, -0.2) is 0 Å². The summed E-state index contributed by atoms with van der Waals surface area (Å²) in [6.07, 6.45) is 0.627. The van der Waals surface area contributed by atoms with Crippen molar-refractivity contribution in [3.63, 3.8) is 0 Å². The SMILES string of the molecule is CCc1noc(C)c1C(=O)Nc1ccccc1Oc1ccc(C)cc1. The lowest BCUT2D eigenvalue weighted by atomic mass is 10.1. The summed E-state index contributed by atoms with van der Waals surface area (Å²) in [5.41, 5.74) is 2.87. The van der Waals surface area contributed by atoms with E-state index in [-0.39, 0.29) is 5.91 Å². The second-order valence-corrected chi connectivity index (χ2v) is 5.78. The van der Waals surface area contributed by atoms with Crippen LogP contribution in [0, 0.1) is 13.8 Å². The maximum Gasteiger partial charge on any atom is 0.261 e. The first kappa shape index (κ1) is 16.8. The van der Waals surface area contributed by atoms with Gasteiger partial charge in [0.1, 0.15) is 17.1 Å². The Labute approximate surface area is 146 Å². The molecule has 128 valence electrons. The number of aryl methyl sites for hydroxylation is 3. The first-order valence-electron chi connectivity index (χ1n) is 8.18. The third-order valence-corrected chi connectivity index (χ3v) is 3.88. The van der Waals surface area contributed by atoms with E-state index in [9.17, 15) is 4.79 Å². The smallest absolute Gasteiger partial charge is 0.261 e. The zero-order valence-corrected chi connectivity index (χ0v) is 14.5. The topological polar surface area (TPSA) is 64.4 Å². The van der Waals surface area contributed by atoms with E-state index < -0.39 is 0 Å². The second kappa shape index (κ2) is 7.21. The van der Waals surface area contributed by atoms with Gasteiger partial charge in [-0.1, -0.05) is 41.9 Å². The van der Waals surface area contributed by atoms with Crippen LogP contribution < -0.4 is 10.1 Å². The van der Waals surface area contributed by atoms with Gasteiger partial charge >= 0.3 is 0 Å². The number of ether oxygens (including phenoxy) is 1. The molecule has 0 saturated heterocycles. The molecule has 0 unspecified atom stereocenters. The van der Waals surface area contributed by atoms with Gasteiger partial charge in [0.2, 0.25) is 0 Å². The van der Waals surface area contributed by atoms with Gasteiger partial charge in [-0.15, -0.1) is 0 Å². The molecular weight excluding hydrogens is 316 g/mol. The molecule has 1 heterocycles. The Bertz CT molecular complexity index is 882. The maximum atomic E-state index is 12.7. The minimum Gasteiger partial charge on any atom is -0.455 e. The molecule has 0 spiro atoms. The first-order valence-corrected chi connectivity index (χ1v) is 8.18. The maximum absolute atomic E-state index is 12.7. The van der Waals surface area contributed by atoms with Gasteiger partial charge in [-0.05, 0) is 44.5 Å². The fraction of sp³-hybridized carbons (Fsp3) is 0.200. The Morgan fingerprint density at radius 2 is 1.84 bits per heavy atom. The largest absolute Gasteiger partial charge is 0.455 e. The molecule has 0 saturated carbocycles. The summed E-state index contributed by atoms with van der Waals surface area (Å²) in [5.74, 6) is 1.54. The van der Waals surface area contributed by atoms with Crippen molar-refractivity contribution in [3.8, 4) is 11.5 Å². The number of nitrogens with one attached hydrogen (secondary N) is 1. The lowest BCUT2D eigenvalue weighted by Gasteiger charge is -2.12. The number of carbonyl (C=O) groups is 1. The molecule has 0 aliphatic rings. The number of aromatic nitrogens is 1. The zero-order chi connectivity index (χ0) is 17.8. The molecule has 1 amide bonds. The van der Waals surface area contributed by atoms with Crippen molar-refractivity contribution >= 4 is 11.6 Å². The van der Waals surface area contributed by atoms with Crippen LogP contribution in [0.1, 0.15) is 34.3 Å². The second-order valence-electron chi connectivity index (χ2n) is 5.78. The molecule has 2 aromatic carbocycles. The summed E-state index contributed by atoms with van der Waals surface area (Å²) in [6, 6.07) is 15.1. The Morgan fingerprint density at radius 1 is 1.12 bits per heavy atom. The Kier molecular flexibility index (Phi) is 4.84. The van der Waals surface area contributed by atoms with E-state index in [1.54, 1.807) is 13.0 Å². The molecule has 0 aliphatic carbocycles. The summed E-state index contributed by atoms with van der Waals surface area (Å²) in [6.45, 7) is 5.68. The summed E-state index contributed by atoms with van der Waals surface area (Å²) in [7, 11) is 0. The van der Waals surface area contributed by atoms with Gasteiger partial charge in [0.15, 0.2) is 5.75 Å². The standard InChI is InChI=1S/C20H20N2O3/c1-4-16-19(14(3)25-22-16)20(23)21-17-7-5-6-8-18(17)24-15-11-9-13(2)10-12-15/h5-12H,4H2,1-3H3,(H,21,23). The van der Waals surface area contributed by atoms with Crippen LogP contribution in [-0.2, 0) is 6.42 Å². The average molecular weight is 336 g/mol. The fourth-order valence-corrected chi connectivity index (χ4v) is 2.53. The Hall–Kier alpha value is -3.08. The number of amides is 1. The van der Waals surface area contributed by atoms with Gasteiger partial charge in [0.05, 0.1) is 11.4 Å². The van der Waals surface area contributed by atoms with E-state index in [2.05, 4.69) is 10.5 Å². The Balaban J connectivity index is 1.84. The molecule has 5 heteroatoms. The van der Waals surface area contributed by atoms with Crippen molar-refractivity contribution in [3.05, 3.63) is 71.1 Å². The number of hydrogen-bond acceptors (Lipinski definition) is 4. The van der Waals surface area contributed by atoms with Gasteiger partial charge in [0.25, 0.3) is 5.91 Å². The molecule has 0 fully saturated rings. The number of hydrogen-bond donors (Lipinski definition) is 1. The summed E-state index contributed by atoms with van der Waals surface area (Å²) < 4.78 is 11.1. The summed E-state index contributed by atoms with van der Waals surface area (Å²) in [4.78, 5) is 12.7. The Morgan fingerprint density at radius 3 is 2.56 bits per heavy atom. The molecule has 0 atom stereocenters. The third kappa shape index (κ3) is 3.71. The van der Waals surface area contributed by atoms with Crippen molar-refractivity contribution < 1.29 is 14.1 Å². The number of rotatable bonds is 5. The lowest BCUT2D eigenvalue weighted by Crippen LogP contribution is -2.14. The number of anilines is 1. The van der Waals surface area contributed by atoms with Crippen molar-refractivity contribution in [1.29, 1.82) is 0 Å². The molecule has 1 aromatic heterocycles.